The second kappa shape index (κ2) is 3.89. The second-order valence-electron chi connectivity index (χ2n) is 4.11. The Morgan fingerprint density at radius 3 is 2.00 bits per heavy atom. The lowest BCUT2D eigenvalue weighted by Crippen LogP contribution is -2.28. The van der Waals surface area contributed by atoms with Gasteiger partial charge in [0.05, 0.1) is 8.07 Å². The third-order valence-electron chi connectivity index (χ3n) is 2.14. The van der Waals surface area contributed by atoms with Gasteiger partial charge in [0.1, 0.15) is 5.94 Å². The fraction of sp³-hybridized carbons (Fsp3) is 0.778. The summed E-state index contributed by atoms with van der Waals surface area (Å²) in [5.41, 5.74) is 1.42. The minimum Gasteiger partial charge on any atom is -0.234 e. The van der Waals surface area contributed by atoms with Crippen molar-refractivity contribution in [3.63, 3.8) is 0 Å². The van der Waals surface area contributed by atoms with E-state index in [1.54, 1.807) is 0 Å². The molecule has 64 valence electrons. The summed E-state index contributed by atoms with van der Waals surface area (Å²) in [6.07, 6.45) is 1.08. The van der Waals surface area contributed by atoms with Crippen LogP contribution in [0.2, 0.25) is 25.2 Å². The summed E-state index contributed by atoms with van der Waals surface area (Å²) in [5, 5.41) is 0. The minimum absolute atomic E-state index is 0.514. The fourth-order valence-corrected chi connectivity index (χ4v) is 4.22. The number of hydrogen-bond acceptors (Lipinski definition) is 1. The van der Waals surface area contributed by atoms with Crippen molar-refractivity contribution < 1.29 is 4.79 Å². The molecule has 0 amide bonds. The van der Waals surface area contributed by atoms with Crippen LogP contribution in [0.1, 0.15) is 20.3 Å². The molecule has 0 radical (unpaired) electrons. The van der Waals surface area contributed by atoms with Gasteiger partial charge in [-0.2, -0.15) is 0 Å². The highest BCUT2D eigenvalue weighted by molar-refractivity contribution is 6.78. The fourth-order valence-electron chi connectivity index (χ4n) is 1.64. The predicted molar refractivity (Wildman–Crippen MR) is 52.3 cm³/mol. The van der Waals surface area contributed by atoms with Crippen LogP contribution in [0.15, 0.2) is 5.57 Å². The zero-order chi connectivity index (χ0) is 9.07. The monoisotopic (exact) mass is 170 g/mol. The quantitative estimate of drug-likeness (QED) is 0.470. The van der Waals surface area contributed by atoms with E-state index in [9.17, 15) is 4.79 Å². The number of allylic oxidation sites excluding steroid dienone is 1. The highest BCUT2D eigenvalue weighted by atomic mass is 28.3. The van der Waals surface area contributed by atoms with Gasteiger partial charge in [-0.3, -0.25) is 0 Å². The Balaban J connectivity index is 4.55. The van der Waals surface area contributed by atoms with Crippen LogP contribution in [0.3, 0.4) is 0 Å². The van der Waals surface area contributed by atoms with Gasteiger partial charge in [0.2, 0.25) is 0 Å². The molecule has 0 heterocycles. The molecule has 0 bridgehead atoms. The summed E-state index contributed by atoms with van der Waals surface area (Å²) in [4.78, 5) is 10.4. The van der Waals surface area contributed by atoms with E-state index in [4.69, 9.17) is 0 Å². The van der Waals surface area contributed by atoms with Crippen molar-refractivity contribution in [3.8, 4) is 0 Å². The first-order valence-corrected chi connectivity index (χ1v) is 7.72. The van der Waals surface area contributed by atoms with Gasteiger partial charge in [0.15, 0.2) is 0 Å². The van der Waals surface area contributed by atoms with Crippen LogP contribution in [0, 0.1) is 0 Å². The molecular weight excluding hydrogens is 152 g/mol. The van der Waals surface area contributed by atoms with Crippen molar-refractivity contribution in [2.24, 2.45) is 0 Å². The van der Waals surface area contributed by atoms with Crippen molar-refractivity contribution in [1.29, 1.82) is 0 Å². The van der Waals surface area contributed by atoms with Crippen LogP contribution in [0.5, 0.6) is 0 Å². The summed E-state index contributed by atoms with van der Waals surface area (Å²) in [7, 11) is -1.17. The first-order chi connectivity index (χ1) is 4.93. The van der Waals surface area contributed by atoms with E-state index in [0.717, 1.165) is 12.0 Å². The Kier molecular flexibility index (Phi) is 3.77. The van der Waals surface area contributed by atoms with E-state index in [2.05, 4.69) is 26.6 Å². The molecule has 0 aromatic heterocycles. The zero-order valence-corrected chi connectivity index (χ0v) is 9.19. The van der Waals surface area contributed by atoms with E-state index in [-0.39, 0.29) is 0 Å². The van der Waals surface area contributed by atoms with Gasteiger partial charge >= 0.3 is 0 Å². The molecule has 0 aromatic carbocycles. The molecule has 0 N–H and O–H groups in total. The largest absolute Gasteiger partial charge is 0.234 e. The van der Waals surface area contributed by atoms with E-state index >= 15 is 0 Å². The average molecular weight is 170 g/mol. The van der Waals surface area contributed by atoms with Gasteiger partial charge in [-0.1, -0.05) is 33.0 Å². The first kappa shape index (κ1) is 10.7. The van der Waals surface area contributed by atoms with Crippen LogP contribution in [0.25, 0.3) is 0 Å². The number of rotatable bonds is 3. The summed E-state index contributed by atoms with van der Waals surface area (Å²) >= 11 is 0. The Morgan fingerprint density at radius 2 is 1.91 bits per heavy atom. The van der Waals surface area contributed by atoms with Crippen LogP contribution in [-0.4, -0.2) is 14.0 Å². The van der Waals surface area contributed by atoms with E-state index in [1.165, 1.54) is 0 Å². The predicted octanol–water partition coefficient (Wildman–Crippen LogP) is 2.88. The van der Waals surface area contributed by atoms with Crippen molar-refractivity contribution in [1.82, 2.24) is 0 Å². The van der Waals surface area contributed by atoms with Crippen molar-refractivity contribution in [3.05, 3.63) is 5.57 Å². The molecule has 1 atom stereocenters. The SMILES string of the molecule is CCC(C(C)=C=O)[Si](C)(C)C. The maximum atomic E-state index is 10.4. The molecule has 0 aliphatic carbocycles. The van der Waals surface area contributed by atoms with Gasteiger partial charge in [-0.05, 0) is 12.5 Å². The molecule has 1 nitrogen and oxygen atoms in total. The highest BCUT2D eigenvalue weighted by Gasteiger charge is 2.26. The van der Waals surface area contributed by atoms with Crippen LogP contribution in [0.4, 0.5) is 0 Å². The molecule has 0 saturated heterocycles. The Bertz CT molecular complexity index is 172. The zero-order valence-electron chi connectivity index (χ0n) is 8.19. The maximum absolute atomic E-state index is 10.4. The normalized spacial score (nSPS) is 13.9. The van der Waals surface area contributed by atoms with E-state index in [0.29, 0.717) is 5.54 Å². The molecule has 2 heteroatoms. The summed E-state index contributed by atoms with van der Waals surface area (Å²) in [6, 6.07) is 0. The number of hydrogen-bond donors (Lipinski definition) is 0. The van der Waals surface area contributed by atoms with E-state index in [1.807, 2.05) is 12.9 Å². The Morgan fingerprint density at radius 1 is 1.45 bits per heavy atom. The molecule has 0 rings (SSSR count). The molecule has 0 spiro atoms. The van der Waals surface area contributed by atoms with Crippen molar-refractivity contribution in [2.75, 3.05) is 0 Å². The van der Waals surface area contributed by atoms with Crippen molar-refractivity contribution in [2.45, 2.75) is 45.5 Å². The van der Waals surface area contributed by atoms with Crippen molar-refractivity contribution >= 4 is 14.0 Å². The molecule has 0 fully saturated rings. The third-order valence-corrected chi connectivity index (χ3v) is 5.07. The average Bonchev–Trinajstić information content (AvgIpc) is 1.86. The Labute approximate surface area is 70.5 Å². The number of carbonyl (C=O) groups excluding carboxylic acids is 1. The molecule has 0 aromatic rings. The standard InChI is InChI=1S/C9H18OSi/c1-6-9(8(2)7-10)11(3,4)5/h9H,6H2,1-5H3. The molecule has 11 heavy (non-hydrogen) atoms. The minimum atomic E-state index is -1.17. The Hall–Kier alpha value is -0.333. The van der Waals surface area contributed by atoms with Gasteiger partial charge in [-0.25, -0.2) is 4.79 Å². The van der Waals surface area contributed by atoms with Crippen LogP contribution >= 0.6 is 0 Å². The second-order valence-corrected chi connectivity index (χ2v) is 9.54. The lowest BCUT2D eigenvalue weighted by atomic mass is 10.2. The molecular formula is C9H18OSi. The van der Waals surface area contributed by atoms with Gasteiger partial charge in [0, 0.05) is 5.57 Å². The van der Waals surface area contributed by atoms with Gasteiger partial charge in [0.25, 0.3) is 0 Å². The van der Waals surface area contributed by atoms with Gasteiger partial charge in [-0.15, -0.1) is 0 Å². The topological polar surface area (TPSA) is 17.1 Å². The lowest BCUT2D eigenvalue weighted by molar-refractivity contribution is 0.565. The summed E-state index contributed by atoms with van der Waals surface area (Å²) in [5.74, 6) is 2.02. The third kappa shape index (κ3) is 3.04. The smallest absolute Gasteiger partial charge is 0.123 e. The maximum Gasteiger partial charge on any atom is 0.123 e. The first-order valence-electron chi connectivity index (χ1n) is 4.15. The molecule has 0 aliphatic heterocycles. The summed E-state index contributed by atoms with van der Waals surface area (Å²) < 4.78 is 0. The van der Waals surface area contributed by atoms with E-state index < -0.39 is 8.07 Å². The summed E-state index contributed by atoms with van der Waals surface area (Å²) in [6.45, 7) is 10.9. The molecule has 0 aliphatic rings. The van der Waals surface area contributed by atoms with Gasteiger partial charge < -0.3 is 0 Å². The van der Waals surface area contributed by atoms with Crippen LogP contribution < -0.4 is 0 Å². The molecule has 1 unspecified atom stereocenters. The lowest BCUT2D eigenvalue weighted by Gasteiger charge is -2.26. The molecule has 0 saturated carbocycles. The van der Waals surface area contributed by atoms with Crippen LogP contribution in [-0.2, 0) is 4.79 Å². The highest BCUT2D eigenvalue weighted by Crippen LogP contribution is 2.30.